The maximum atomic E-state index is 3.95. The van der Waals surface area contributed by atoms with Gasteiger partial charge in [0.05, 0.1) is 0 Å². The van der Waals surface area contributed by atoms with Gasteiger partial charge in [0.15, 0.2) is 0 Å². The Morgan fingerprint density at radius 1 is 1.50 bits per heavy atom. The molecule has 1 saturated carbocycles. The van der Waals surface area contributed by atoms with Gasteiger partial charge in [0.1, 0.15) is 5.01 Å². The van der Waals surface area contributed by atoms with Gasteiger partial charge in [-0.25, -0.2) is 0 Å². The second-order valence-electron chi connectivity index (χ2n) is 2.54. The summed E-state index contributed by atoms with van der Waals surface area (Å²) in [5.74, 6) is 0. The summed E-state index contributed by atoms with van der Waals surface area (Å²) < 4.78 is 0. The van der Waals surface area contributed by atoms with Crippen LogP contribution < -0.4 is 5.32 Å². The van der Waals surface area contributed by atoms with Gasteiger partial charge in [0.25, 0.3) is 0 Å². The molecular weight excluding hydrogens is 146 g/mol. The summed E-state index contributed by atoms with van der Waals surface area (Å²) in [5, 5.41) is 13.1. The molecule has 54 valence electrons. The lowest BCUT2D eigenvalue weighted by Crippen LogP contribution is -1.99. The van der Waals surface area contributed by atoms with E-state index in [0.717, 1.165) is 10.1 Å². The molecule has 10 heavy (non-hydrogen) atoms. The molecule has 1 N–H and O–H groups in total. The van der Waals surface area contributed by atoms with Crippen LogP contribution in [0.5, 0.6) is 0 Å². The lowest BCUT2D eigenvalue weighted by Gasteiger charge is -1.93. The zero-order valence-corrected chi connectivity index (χ0v) is 6.61. The Bertz CT molecular complexity index is 229. The number of anilines is 1. The minimum absolute atomic E-state index is 0.687. The summed E-state index contributed by atoms with van der Waals surface area (Å²) in [6.45, 7) is 1.97. The molecule has 3 nitrogen and oxygen atoms in total. The van der Waals surface area contributed by atoms with E-state index in [-0.39, 0.29) is 0 Å². The summed E-state index contributed by atoms with van der Waals surface area (Å²) >= 11 is 1.62. The Morgan fingerprint density at radius 2 is 2.30 bits per heavy atom. The van der Waals surface area contributed by atoms with Crippen LogP contribution in [0, 0.1) is 6.92 Å². The van der Waals surface area contributed by atoms with Crippen LogP contribution in [0.25, 0.3) is 0 Å². The Kier molecular flexibility index (Phi) is 1.34. The lowest BCUT2D eigenvalue weighted by atomic mass is 10.7. The van der Waals surface area contributed by atoms with E-state index in [2.05, 4.69) is 15.5 Å². The Balaban J connectivity index is 2.03. The Labute approximate surface area is 63.5 Å². The maximum Gasteiger partial charge on any atom is 0.205 e. The van der Waals surface area contributed by atoms with Crippen molar-refractivity contribution in [2.45, 2.75) is 25.8 Å². The van der Waals surface area contributed by atoms with Crippen LogP contribution in [0.3, 0.4) is 0 Å². The second kappa shape index (κ2) is 2.20. The molecule has 1 aliphatic rings. The fraction of sp³-hybridized carbons (Fsp3) is 0.667. The monoisotopic (exact) mass is 155 g/mol. The third-order valence-electron chi connectivity index (χ3n) is 1.43. The molecule has 2 rings (SSSR count). The molecule has 1 aromatic heterocycles. The van der Waals surface area contributed by atoms with Crippen molar-refractivity contribution in [1.82, 2.24) is 10.2 Å². The van der Waals surface area contributed by atoms with Gasteiger partial charge in [-0.15, -0.1) is 10.2 Å². The summed E-state index contributed by atoms with van der Waals surface area (Å²) in [6, 6.07) is 0.687. The molecule has 0 radical (unpaired) electrons. The average Bonchev–Trinajstić information content (AvgIpc) is 2.59. The van der Waals surface area contributed by atoms with Gasteiger partial charge in [0, 0.05) is 6.04 Å². The van der Waals surface area contributed by atoms with E-state index in [4.69, 9.17) is 0 Å². The molecule has 1 heterocycles. The first-order chi connectivity index (χ1) is 4.84. The molecule has 0 atom stereocenters. The molecule has 0 saturated heterocycles. The molecule has 1 aliphatic carbocycles. The molecule has 0 aromatic carbocycles. The van der Waals surface area contributed by atoms with E-state index in [1.165, 1.54) is 12.8 Å². The van der Waals surface area contributed by atoms with Gasteiger partial charge in [-0.1, -0.05) is 11.3 Å². The van der Waals surface area contributed by atoms with E-state index >= 15 is 0 Å². The highest BCUT2D eigenvalue weighted by Gasteiger charge is 2.21. The number of aryl methyl sites for hydroxylation is 1. The summed E-state index contributed by atoms with van der Waals surface area (Å²) in [7, 11) is 0. The molecule has 0 aliphatic heterocycles. The molecule has 1 aromatic rings. The van der Waals surface area contributed by atoms with Crippen molar-refractivity contribution in [1.29, 1.82) is 0 Å². The predicted molar refractivity (Wildman–Crippen MR) is 41.3 cm³/mol. The maximum absolute atomic E-state index is 3.95. The quantitative estimate of drug-likeness (QED) is 0.702. The highest BCUT2D eigenvalue weighted by molar-refractivity contribution is 7.15. The van der Waals surface area contributed by atoms with Crippen molar-refractivity contribution < 1.29 is 0 Å². The highest BCUT2D eigenvalue weighted by Crippen LogP contribution is 2.25. The molecule has 0 bridgehead atoms. The smallest absolute Gasteiger partial charge is 0.205 e. The number of hydrogen-bond acceptors (Lipinski definition) is 4. The van der Waals surface area contributed by atoms with E-state index in [1.54, 1.807) is 11.3 Å². The standard InChI is InChI=1S/C6H9N3S/c1-4-8-9-6(10-4)7-5-2-3-5/h5H,2-3H2,1H3,(H,7,9). The van der Waals surface area contributed by atoms with Crippen molar-refractivity contribution in [3.05, 3.63) is 5.01 Å². The van der Waals surface area contributed by atoms with E-state index < -0.39 is 0 Å². The number of nitrogens with zero attached hydrogens (tertiary/aromatic N) is 2. The van der Waals surface area contributed by atoms with Gasteiger partial charge in [-0.05, 0) is 19.8 Å². The van der Waals surface area contributed by atoms with Gasteiger partial charge < -0.3 is 5.32 Å². The molecule has 0 amide bonds. The largest absolute Gasteiger partial charge is 0.357 e. The summed E-state index contributed by atoms with van der Waals surface area (Å²) in [6.07, 6.45) is 2.58. The van der Waals surface area contributed by atoms with E-state index in [9.17, 15) is 0 Å². The summed E-state index contributed by atoms with van der Waals surface area (Å²) in [4.78, 5) is 0. The van der Waals surface area contributed by atoms with Crippen LogP contribution >= 0.6 is 11.3 Å². The first-order valence-electron chi connectivity index (χ1n) is 3.41. The Morgan fingerprint density at radius 3 is 2.80 bits per heavy atom. The fourth-order valence-corrected chi connectivity index (χ4v) is 1.43. The van der Waals surface area contributed by atoms with Crippen LogP contribution in [0.4, 0.5) is 5.13 Å². The van der Waals surface area contributed by atoms with Crippen LogP contribution in [-0.2, 0) is 0 Å². The number of rotatable bonds is 2. The van der Waals surface area contributed by atoms with Crippen molar-refractivity contribution in [3.63, 3.8) is 0 Å². The van der Waals surface area contributed by atoms with Crippen molar-refractivity contribution in [3.8, 4) is 0 Å². The van der Waals surface area contributed by atoms with E-state index in [0.29, 0.717) is 6.04 Å². The number of aromatic nitrogens is 2. The topological polar surface area (TPSA) is 37.8 Å². The van der Waals surface area contributed by atoms with Crippen molar-refractivity contribution >= 4 is 16.5 Å². The molecule has 0 spiro atoms. The first-order valence-corrected chi connectivity index (χ1v) is 4.23. The van der Waals surface area contributed by atoms with Crippen molar-refractivity contribution in [2.24, 2.45) is 0 Å². The van der Waals surface area contributed by atoms with Crippen LogP contribution in [-0.4, -0.2) is 16.2 Å². The lowest BCUT2D eigenvalue weighted by molar-refractivity contribution is 1.02. The van der Waals surface area contributed by atoms with Gasteiger partial charge in [0.2, 0.25) is 5.13 Å². The van der Waals surface area contributed by atoms with Gasteiger partial charge in [-0.3, -0.25) is 0 Å². The normalized spacial score (nSPS) is 17.3. The molecular formula is C6H9N3S. The molecule has 4 heteroatoms. The van der Waals surface area contributed by atoms with Crippen molar-refractivity contribution in [2.75, 3.05) is 5.32 Å². The number of nitrogens with one attached hydrogen (secondary N) is 1. The minimum atomic E-state index is 0.687. The SMILES string of the molecule is Cc1nnc(NC2CC2)s1. The zero-order chi connectivity index (χ0) is 6.97. The highest BCUT2D eigenvalue weighted by atomic mass is 32.1. The fourth-order valence-electron chi connectivity index (χ4n) is 0.757. The predicted octanol–water partition coefficient (Wildman–Crippen LogP) is 1.42. The van der Waals surface area contributed by atoms with Crippen LogP contribution in [0.1, 0.15) is 17.8 Å². The minimum Gasteiger partial charge on any atom is -0.357 e. The van der Waals surface area contributed by atoms with Gasteiger partial charge in [-0.2, -0.15) is 0 Å². The third kappa shape index (κ3) is 1.26. The molecule has 1 fully saturated rings. The third-order valence-corrected chi connectivity index (χ3v) is 2.20. The first kappa shape index (κ1) is 6.09. The van der Waals surface area contributed by atoms with E-state index in [1.807, 2.05) is 6.92 Å². The Hall–Kier alpha value is -0.640. The second-order valence-corrected chi connectivity index (χ2v) is 3.73. The zero-order valence-electron chi connectivity index (χ0n) is 5.79. The summed E-state index contributed by atoms with van der Waals surface area (Å²) in [5.41, 5.74) is 0. The number of hydrogen-bond donors (Lipinski definition) is 1. The van der Waals surface area contributed by atoms with Gasteiger partial charge >= 0.3 is 0 Å². The van der Waals surface area contributed by atoms with Crippen LogP contribution in [0.2, 0.25) is 0 Å². The average molecular weight is 155 g/mol. The van der Waals surface area contributed by atoms with Crippen LogP contribution in [0.15, 0.2) is 0 Å². The molecule has 0 unspecified atom stereocenters.